The third kappa shape index (κ3) is 3.22. The first kappa shape index (κ1) is 12.9. The maximum absolute atomic E-state index is 3.48. The Labute approximate surface area is 118 Å². The molecule has 0 heterocycles. The number of halogens is 1. The Morgan fingerprint density at radius 3 is 1.94 bits per heavy atom. The molecule has 0 unspecified atom stereocenters. The van der Waals surface area contributed by atoms with Crippen LogP contribution in [0, 0.1) is 20.8 Å². The summed E-state index contributed by atoms with van der Waals surface area (Å²) in [6, 6.07) is 13.2. The Morgan fingerprint density at radius 2 is 1.41 bits per heavy atom. The van der Waals surface area contributed by atoms with E-state index in [0.717, 1.165) is 4.47 Å². The zero-order chi connectivity index (χ0) is 12.4. The molecule has 0 aliphatic rings. The van der Waals surface area contributed by atoms with Crippen molar-refractivity contribution in [2.75, 3.05) is 0 Å². The van der Waals surface area contributed by atoms with Crippen LogP contribution in [0.2, 0.25) is 0 Å². The van der Waals surface area contributed by atoms with E-state index in [1.165, 1.54) is 25.6 Å². The molecule has 2 heteroatoms. The molecule has 0 aromatic heterocycles. The van der Waals surface area contributed by atoms with Crippen LogP contribution in [0.3, 0.4) is 0 Å². The van der Waals surface area contributed by atoms with Crippen molar-refractivity contribution >= 4 is 39.8 Å². The van der Waals surface area contributed by atoms with E-state index in [1.54, 1.807) is 0 Å². The van der Waals surface area contributed by atoms with Gasteiger partial charge in [-0.15, -0.1) is 0 Å². The zero-order valence-corrected chi connectivity index (χ0v) is 13.5. The van der Waals surface area contributed by atoms with E-state index in [0.29, 0.717) is 15.0 Å². The SMILES string of the molecule is Cc1cc(C)c([Se]c2ccc(Br)cc2)c(C)c1. The van der Waals surface area contributed by atoms with Crippen molar-refractivity contribution in [2.24, 2.45) is 0 Å². The first-order chi connectivity index (χ1) is 8.06. The molecule has 0 bridgehead atoms. The molecule has 0 saturated carbocycles. The summed E-state index contributed by atoms with van der Waals surface area (Å²) < 4.78 is 4.09. The zero-order valence-electron chi connectivity index (χ0n) is 10.3. The summed E-state index contributed by atoms with van der Waals surface area (Å²) in [5.74, 6) is 0. The van der Waals surface area contributed by atoms with E-state index in [4.69, 9.17) is 0 Å². The van der Waals surface area contributed by atoms with Crippen LogP contribution in [-0.4, -0.2) is 15.0 Å². The van der Waals surface area contributed by atoms with Crippen LogP contribution in [0.5, 0.6) is 0 Å². The van der Waals surface area contributed by atoms with E-state index in [1.807, 2.05) is 0 Å². The molecule has 17 heavy (non-hydrogen) atoms. The van der Waals surface area contributed by atoms with E-state index in [2.05, 4.69) is 73.1 Å². The molecule has 0 atom stereocenters. The summed E-state index contributed by atoms with van der Waals surface area (Å²) in [7, 11) is 0. The van der Waals surface area contributed by atoms with Crippen molar-refractivity contribution in [2.45, 2.75) is 20.8 Å². The van der Waals surface area contributed by atoms with E-state index < -0.39 is 0 Å². The Bertz CT molecular complexity index is 506. The van der Waals surface area contributed by atoms with Gasteiger partial charge in [0.25, 0.3) is 0 Å². The molecule has 0 spiro atoms. The molecule has 0 amide bonds. The Balaban J connectivity index is 2.33. The summed E-state index contributed by atoms with van der Waals surface area (Å²) in [4.78, 5) is 0. The van der Waals surface area contributed by atoms with Gasteiger partial charge < -0.3 is 0 Å². The van der Waals surface area contributed by atoms with Crippen LogP contribution in [0.15, 0.2) is 40.9 Å². The van der Waals surface area contributed by atoms with Crippen molar-refractivity contribution < 1.29 is 0 Å². The number of aryl methyl sites for hydroxylation is 3. The first-order valence-corrected chi connectivity index (χ1v) is 8.08. The van der Waals surface area contributed by atoms with Crippen molar-refractivity contribution in [1.29, 1.82) is 0 Å². The van der Waals surface area contributed by atoms with Crippen LogP contribution in [0.1, 0.15) is 16.7 Å². The second kappa shape index (κ2) is 5.39. The average molecular weight is 354 g/mol. The summed E-state index contributed by atoms with van der Waals surface area (Å²) in [5, 5.41) is 0. The number of rotatable bonds is 2. The van der Waals surface area contributed by atoms with Gasteiger partial charge in [-0.3, -0.25) is 0 Å². The topological polar surface area (TPSA) is 0 Å². The fourth-order valence-electron chi connectivity index (χ4n) is 1.95. The molecule has 2 rings (SSSR count). The van der Waals surface area contributed by atoms with Crippen molar-refractivity contribution in [1.82, 2.24) is 0 Å². The van der Waals surface area contributed by atoms with Gasteiger partial charge in [-0.05, 0) is 0 Å². The molecule has 0 aliphatic heterocycles. The van der Waals surface area contributed by atoms with Crippen LogP contribution >= 0.6 is 15.9 Å². The minimum atomic E-state index is 0.405. The van der Waals surface area contributed by atoms with E-state index in [-0.39, 0.29) is 0 Å². The maximum atomic E-state index is 3.48. The van der Waals surface area contributed by atoms with Crippen LogP contribution in [-0.2, 0) is 0 Å². The third-order valence-corrected chi connectivity index (χ3v) is 6.01. The molecule has 0 radical (unpaired) electrons. The normalized spacial score (nSPS) is 10.6. The fraction of sp³-hybridized carbons (Fsp3) is 0.200. The van der Waals surface area contributed by atoms with Gasteiger partial charge in [0.2, 0.25) is 0 Å². The number of hydrogen-bond acceptors (Lipinski definition) is 0. The van der Waals surface area contributed by atoms with Crippen molar-refractivity contribution in [3.05, 3.63) is 57.6 Å². The Hall–Kier alpha value is -0.561. The molecular formula is C15H15BrSe. The Kier molecular flexibility index (Phi) is 4.08. The summed E-state index contributed by atoms with van der Waals surface area (Å²) in [6.07, 6.45) is 0. The summed E-state index contributed by atoms with van der Waals surface area (Å²) >= 11 is 3.88. The van der Waals surface area contributed by atoms with Gasteiger partial charge >= 0.3 is 118 Å². The minimum absolute atomic E-state index is 0.405. The van der Waals surface area contributed by atoms with Gasteiger partial charge in [-0.2, -0.15) is 0 Å². The standard InChI is InChI=1S/C15H15BrSe/c1-10-8-11(2)15(12(3)9-10)17-14-6-4-13(16)5-7-14/h4-9H,1-3H3. The van der Waals surface area contributed by atoms with Crippen LogP contribution in [0.25, 0.3) is 0 Å². The van der Waals surface area contributed by atoms with E-state index >= 15 is 0 Å². The third-order valence-electron chi connectivity index (χ3n) is 2.64. The molecule has 0 saturated heterocycles. The van der Waals surface area contributed by atoms with Crippen molar-refractivity contribution in [3.63, 3.8) is 0 Å². The predicted molar refractivity (Wildman–Crippen MR) is 79.8 cm³/mol. The molecule has 2 aromatic carbocycles. The summed E-state index contributed by atoms with van der Waals surface area (Å²) in [6.45, 7) is 6.60. The van der Waals surface area contributed by atoms with Crippen LogP contribution in [0.4, 0.5) is 0 Å². The van der Waals surface area contributed by atoms with Gasteiger partial charge in [0.05, 0.1) is 0 Å². The number of hydrogen-bond donors (Lipinski definition) is 0. The van der Waals surface area contributed by atoms with Crippen LogP contribution < -0.4 is 8.92 Å². The van der Waals surface area contributed by atoms with E-state index in [9.17, 15) is 0 Å². The monoisotopic (exact) mass is 354 g/mol. The first-order valence-electron chi connectivity index (χ1n) is 5.57. The van der Waals surface area contributed by atoms with Gasteiger partial charge in [-0.1, -0.05) is 0 Å². The summed E-state index contributed by atoms with van der Waals surface area (Å²) in [5.41, 5.74) is 4.20. The molecular weight excluding hydrogens is 339 g/mol. The Morgan fingerprint density at radius 1 is 0.882 bits per heavy atom. The second-order valence-corrected chi connectivity index (χ2v) is 7.47. The fourth-order valence-corrected chi connectivity index (χ4v) is 4.20. The molecule has 0 fully saturated rings. The molecule has 88 valence electrons. The quantitative estimate of drug-likeness (QED) is 0.728. The predicted octanol–water partition coefficient (Wildman–Crippen LogP) is 3.03. The number of benzene rings is 2. The molecule has 0 nitrogen and oxygen atoms in total. The second-order valence-electron chi connectivity index (χ2n) is 4.28. The average Bonchev–Trinajstić information content (AvgIpc) is 2.26. The molecule has 0 aliphatic carbocycles. The van der Waals surface area contributed by atoms with Gasteiger partial charge in [0.1, 0.15) is 0 Å². The van der Waals surface area contributed by atoms with Gasteiger partial charge in [-0.25, -0.2) is 0 Å². The molecule has 2 aromatic rings. The molecule has 0 N–H and O–H groups in total. The van der Waals surface area contributed by atoms with Gasteiger partial charge in [0.15, 0.2) is 0 Å². The van der Waals surface area contributed by atoms with Crippen molar-refractivity contribution in [3.8, 4) is 0 Å². The van der Waals surface area contributed by atoms with Gasteiger partial charge in [0, 0.05) is 0 Å².